The van der Waals surface area contributed by atoms with Crippen LogP contribution in [0.25, 0.3) is 21.8 Å². The van der Waals surface area contributed by atoms with Gasteiger partial charge in [0.05, 0.1) is 30.6 Å². The van der Waals surface area contributed by atoms with Gasteiger partial charge in [-0.3, -0.25) is 9.36 Å². The molecule has 3 aromatic rings. The third kappa shape index (κ3) is 1.65. The standard InChI is InChI=1S/C16H15NO3/c1-10(18)17-13-7-5-4-6-12(13)16-14(17)8-11(19-2)9-15(16)20-3/h4-9H,1-3H3. The zero-order valence-electron chi connectivity index (χ0n) is 11.6. The van der Waals surface area contributed by atoms with Crippen LogP contribution in [-0.4, -0.2) is 24.7 Å². The van der Waals surface area contributed by atoms with E-state index in [1.807, 2.05) is 36.4 Å². The lowest BCUT2D eigenvalue weighted by molar-refractivity contribution is 0.0946. The lowest BCUT2D eigenvalue weighted by Gasteiger charge is -2.07. The molecule has 0 bridgehead atoms. The molecule has 0 atom stereocenters. The number of aromatic nitrogens is 1. The van der Waals surface area contributed by atoms with E-state index in [2.05, 4.69) is 0 Å². The van der Waals surface area contributed by atoms with Crippen LogP contribution in [0.4, 0.5) is 0 Å². The first-order chi connectivity index (χ1) is 9.67. The number of carbonyl (C=O) groups excluding carboxylic acids is 1. The van der Waals surface area contributed by atoms with Crippen LogP contribution in [0.5, 0.6) is 11.5 Å². The summed E-state index contributed by atoms with van der Waals surface area (Å²) in [7, 11) is 3.22. The molecule has 0 unspecified atom stereocenters. The molecule has 0 N–H and O–H groups in total. The van der Waals surface area contributed by atoms with Crippen LogP contribution in [-0.2, 0) is 0 Å². The second-order valence-electron chi connectivity index (χ2n) is 4.60. The minimum atomic E-state index is -0.0356. The zero-order chi connectivity index (χ0) is 14.3. The van der Waals surface area contributed by atoms with Crippen molar-refractivity contribution in [2.75, 3.05) is 14.2 Å². The van der Waals surface area contributed by atoms with Gasteiger partial charge in [-0.05, 0) is 6.07 Å². The van der Waals surface area contributed by atoms with Crippen molar-refractivity contribution >= 4 is 27.7 Å². The summed E-state index contributed by atoms with van der Waals surface area (Å²) in [6.45, 7) is 1.55. The molecule has 4 heteroatoms. The highest BCUT2D eigenvalue weighted by Gasteiger charge is 2.17. The summed E-state index contributed by atoms with van der Waals surface area (Å²) in [5.74, 6) is 1.33. The lowest BCUT2D eigenvalue weighted by Crippen LogP contribution is -2.04. The van der Waals surface area contributed by atoms with Crippen LogP contribution >= 0.6 is 0 Å². The summed E-state index contributed by atoms with van der Waals surface area (Å²) in [5.41, 5.74) is 1.68. The van der Waals surface area contributed by atoms with Crippen LogP contribution in [0.15, 0.2) is 36.4 Å². The fourth-order valence-corrected chi connectivity index (χ4v) is 2.65. The predicted molar refractivity (Wildman–Crippen MR) is 78.8 cm³/mol. The summed E-state index contributed by atoms with van der Waals surface area (Å²) in [4.78, 5) is 12.0. The van der Waals surface area contributed by atoms with Gasteiger partial charge in [0.1, 0.15) is 11.5 Å². The molecule has 0 aliphatic heterocycles. The average molecular weight is 269 g/mol. The topological polar surface area (TPSA) is 40.5 Å². The zero-order valence-corrected chi connectivity index (χ0v) is 11.6. The molecule has 0 aliphatic carbocycles. The van der Waals surface area contributed by atoms with E-state index in [9.17, 15) is 4.79 Å². The van der Waals surface area contributed by atoms with Crippen molar-refractivity contribution in [3.8, 4) is 11.5 Å². The lowest BCUT2D eigenvalue weighted by atomic mass is 10.1. The Bertz CT molecular complexity index is 817. The van der Waals surface area contributed by atoms with Crippen LogP contribution in [0.1, 0.15) is 11.7 Å². The molecule has 1 heterocycles. The summed E-state index contributed by atoms with van der Waals surface area (Å²) in [6.07, 6.45) is 0. The number of fused-ring (bicyclic) bond motifs is 3. The van der Waals surface area contributed by atoms with Crippen LogP contribution < -0.4 is 9.47 Å². The van der Waals surface area contributed by atoms with Gasteiger partial charge in [0.25, 0.3) is 0 Å². The van der Waals surface area contributed by atoms with Gasteiger partial charge in [-0.25, -0.2) is 0 Å². The number of para-hydroxylation sites is 1. The number of ether oxygens (including phenoxy) is 2. The Kier molecular flexibility index (Phi) is 2.86. The van der Waals surface area contributed by atoms with E-state index in [4.69, 9.17) is 9.47 Å². The number of carbonyl (C=O) groups is 1. The molecular formula is C16H15NO3. The van der Waals surface area contributed by atoms with Crippen molar-refractivity contribution in [3.63, 3.8) is 0 Å². The quantitative estimate of drug-likeness (QED) is 0.715. The maximum absolute atomic E-state index is 12.0. The van der Waals surface area contributed by atoms with E-state index in [0.29, 0.717) is 11.5 Å². The molecule has 20 heavy (non-hydrogen) atoms. The van der Waals surface area contributed by atoms with E-state index in [-0.39, 0.29) is 5.91 Å². The van der Waals surface area contributed by atoms with Gasteiger partial charge in [-0.1, -0.05) is 18.2 Å². The molecule has 0 saturated carbocycles. The second-order valence-corrected chi connectivity index (χ2v) is 4.60. The highest BCUT2D eigenvalue weighted by molar-refractivity contribution is 6.15. The van der Waals surface area contributed by atoms with Gasteiger partial charge in [-0.15, -0.1) is 0 Å². The maximum atomic E-state index is 12.0. The molecule has 0 aliphatic rings. The molecule has 1 aromatic heterocycles. The monoisotopic (exact) mass is 269 g/mol. The number of rotatable bonds is 2. The van der Waals surface area contributed by atoms with Crippen LogP contribution in [0.2, 0.25) is 0 Å². The Morgan fingerprint density at radius 1 is 1.05 bits per heavy atom. The summed E-state index contributed by atoms with van der Waals surface area (Å²) < 4.78 is 12.4. The Hall–Kier alpha value is -2.49. The van der Waals surface area contributed by atoms with Crippen molar-refractivity contribution in [1.29, 1.82) is 0 Å². The minimum absolute atomic E-state index is 0.0356. The van der Waals surface area contributed by atoms with E-state index in [1.165, 1.54) is 0 Å². The number of nitrogens with zero attached hydrogens (tertiary/aromatic N) is 1. The van der Waals surface area contributed by atoms with Crippen molar-refractivity contribution in [1.82, 2.24) is 4.57 Å². The number of hydrogen-bond acceptors (Lipinski definition) is 3. The summed E-state index contributed by atoms with van der Waals surface area (Å²) in [5, 5.41) is 1.93. The highest BCUT2D eigenvalue weighted by Crippen LogP contribution is 2.38. The van der Waals surface area contributed by atoms with Crippen molar-refractivity contribution in [2.45, 2.75) is 6.92 Å². The van der Waals surface area contributed by atoms with E-state index in [0.717, 1.165) is 21.8 Å². The molecule has 0 saturated heterocycles. The van der Waals surface area contributed by atoms with E-state index < -0.39 is 0 Å². The van der Waals surface area contributed by atoms with Crippen LogP contribution in [0, 0.1) is 0 Å². The van der Waals surface area contributed by atoms with Gasteiger partial charge >= 0.3 is 0 Å². The molecule has 102 valence electrons. The Morgan fingerprint density at radius 3 is 2.45 bits per heavy atom. The van der Waals surface area contributed by atoms with E-state index >= 15 is 0 Å². The fourth-order valence-electron chi connectivity index (χ4n) is 2.65. The van der Waals surface area contributed by atoms with Crippen molar-refractivity contribution in [2.24, 2.45) is 0 Å². The van der Waals surface area contributed by atoms with Gasteiger partial charge in [0.2, 0.25) is 5.91 Å². The molecular weight excluding hydrogens is 254 g/mol. The smallest absolute Gasteiger partial charge is 0.228 e. The number of benzene rings is 2. The first-order valence-electron chi connectivity index (χ1n) is 6.33. The maximum Gasteiger partial charge on any atom is 0.228 e. The molecule has 3 rings (SSSR count). The molecule has 2 aromatic carbocycles. The third-order valence-corrected chi connectivity index (χ3v) is 3.48. The van der Waals surface area contributed by atoms with Crippen LogP contribution in [0.3, 0.4) is 0 Å². The fraction of sp³-hybridized carbons (Fsp3) is 0.188. The van der Waals surface area contributed by atoms with Gasteiger partial charge < -0.3 is 9.47 Å². The van der Waals surface area contributed by atoms with Gasteiger partial charge in [0, 0.05) is 24.4 Å². The summed E-state index contributed by atoms with van der Waals surface area (Å²) in [6, 6.07) is 11.5. The van der Waals surface area contributed by atoms with Gasteiger partial charge in [0.15, 0.2) is 0 Å². The molecule has 0 fully saturated rings. The molecule has 0 radical (unpaired) electrons. The SMILES string of the molecule is COc1cc(OC)c2c3ccccc3n(C(C)=O)c2c1. The highest BCUT2D eigenvalue weighted by atomic mass is 16.5. The molecule has 0 spiro atoms. The third-order valence-electron chi connectivity index (χ3n) is 3.48. The Balaban J connectivity index is 2.58. The first-order valence-corrected chi connectivity index (χ1v) is 6.33. The average Bonchev–Trinajstić information content (AvgIpc) is 2.80. The summed E-state index contributed by atoms with van der Waals surface area (Å²) >= 11 is 0. The molecule has 0 amide bonds. The van der Waals surface area contributed by atoms with Crippen molar-refractivity contribution < 1.29 is 14.3 Å². The Morgan fingerprint density at radius 2 is 1.80 bits per heavy atom. The van der Waals surface area contributed by atoms with Gasteiger partial charge in [-0.2, -0.15) is 0 Å². The normalized spacial score (nSPS) is 10.9. The van der Waals surface area contributed by atoms with E-state index in [1.54, 1.807) is 25.7 Å². The second kappa shape index (κ2) is 4.56. The largest absolute Gasteiger partial charge is 0.497 e. The Labute approximate surface area is 116 Å². The molecule has 4 nitrogen and oxygen atoms in total. The number of methoxy groups -OCH3 is 2. The first kappa shape index (κ1) is 12.5. The minimum Gasteiger partial charge on any atom is -0.497 e. The number of hydrogen-bond donors (Lipinski definition) is 0. The predicted octanol–water partition coefficient (Wildman–Crippen LogP) is 3.47. The van der Waals surface area contributed by atoms with Crippen molar-refractivity contribution in [3.05, 3.63) is 36.4 Å².